The number of carbonyl (C=O) groups is 2. The van der Waals surface area contributed by atoms with Crippen molar-refractivity contribution >= 4 is 11.9 Å². The molecule has 7 heteroatoms. The highest BCUT2D eigenvalue weighted by Crippen LogP contribution is 2.23. The zero-order valence-corrected chi connectivity index (χ0v) is 15.8. The number of carbonyl (C=O) groups excluding carboxylic acids is 2. The molecule has 0 aromatic heterocycles. The van der Waals surface area contributed by atoms with Gasteiger partial charge in [0, 0.05) is 6.07 Å². The van der Waals surface area contributed by atoms with Gasteiger partial charge in [-0.25, -0.2) is 4.79 Å². The van der Waals surface area contributed by atoms with E-state index >= 15 is 0 Å². The third-order valence-corrected chi connectivity index (χ3v) is 3.89. The summed E-state index contributed by atoms with van der Waals surface area (Å²) in [4.78, 5) is 24.3. The minimum atomic E-state index is -0.642. The van der Waals surface area contributed by atoms with Crippen LogP contribution >= 0.6 is 0 Å². The van der Waals surface area contributed by atoms with E-state index in [9.17, 15) is 9.59 Å². The van der Waals surface area contributed by atoms with E-state index in [2.05, 4.69) is 5.32 Å². The molecule has 1 amide bonds. The average Bonchev–Trinajstić information content (AvgIpc) is 2.71. The summed E-state index contributed by atoms with van der Waals surface area (Å²) >= 11 is 0. The summed E-state index contributed by atoms with van der Waals surface area (Å²) in [5.41, 5.74) is 1.12. The minimum Gasteiger partial charge on any atom is -0.497 e. The molecule has 0 radical (unpaired) electrons. The molecule has 27 heavy (non-hydrogen) atoms. The molecule has 1 atom stereocenters. The SMILES string of the molecule is COc1cc(OC)cc(C(=O)OCC(=O)N[C@H](C)c2cccc(OC)c2)c1. The molecule has 0 spiro atoms. The van der Waals surface area contributed by atoms with Crippen LogP contribution in [0.2, 0.25) is 0 Å². The topological polar surface area (TPSA) is 83.1 Å². The van der Waals surface area contributed by atoms with Crippen molar-refractivity contribution in [1.82, 2.24) is 5.32 Å². The molecule has 2 aromatic carbocycles. The zero-order valence-electron chi connectivity index (χ0n) is 15.8. The first kappa shape index (κ1) is 20.1. The van der Waals surface area contributed by atoms with Crippen molar-refractivity contribution in [2.75, 3.05) is 27.9 Å². The summed E-state index contributed by atoms with van der Waals surface area (Å²) in [6.45, 7) is 1.44. The van der Waals surface area contributed by atoms with E-state index in [1.165, 1.54) is 26.4 Å². The van der Waals surface area contributed by atoms with Gasteiger partial charge < -0.3 is 24.3 Å². The van der Waals surface area contributed by atoms with E-state index in [1.54, 1.807) is 13.2 Å². The number of methoxy groups -OCH3 is 3. The van der Waals surface area contributed by atoms with E-state index in [0.29, 0.717) is 17.2 Å². The summed E-state index contributed by atoms with van der Waals surface area (Å²) in [6.07, 6.45) is 0. The quantitative estimate of drug-likeness (QED) is 0.717. The number of amides is 1. The van der Waals surface area contributed by atoms with Crippen molar-refractivity contribution in [2.45, 2.75) is 13.0 Å². The largest absolute Gasteiger partial charge is 0.497 e. The Bertz CT molecular complexity index is 783. The lowest BCUT2D eigenvalue weighted by atomic mass is 10.1. The van der Waals surface area contributed by atoms with Gasteiger partial charge in [-0.15, -0.1) is 0 Å². The van der Waals surface area contributed by atoms with Crippen LogP contribution in [0.3, 0.4) is 0 Å². The Kier molecular flexibility index (Phi) is 7.05. The molecule has 144 valence electrons. The van der Waals surface area contributed by atoms with E-state index < -0.39 is 18.5 Å². The lowest BCUT2D eigenvalue weighted by molar-refractivity contribution is -0.124. The number of esters is 1. The number of ether oxygens (including phenoxy) is 4. The molecule has 0 aliphatic heterocycles. The first-order valence-electron chi connectivity index (χ1n) is 8.30. The van der Waals surface area contributed by atoms with Gasteiger partial charge in [-0.05, 0) is 36.8 Å². The van der Waals surface area contributed by atoms with Crippen molar-refractivity contribution in [3.05, 3.63) is 53.6 Å². The maximum absolute atomic E-state index is 12.2. The normalized spacial score (nSPS) is 11.3. The summed E-state index contributed by atoms with van der Waals surface area (Å²) in [7, 11) is 4.55. The first-order chi connectivity index (χ1) is 13.0. The number of rotatable bonds is 8. The van der Waals surface area contributed by atoms with Crippen LogP contribution in [0.1, 0.15) is 28.9 Å². The number of nitrogens with one attached hydrogen (secondary N) is 1. The molecule has 0 saturated carbocycles. The van der Waals surface area contributed by atoms with Crippen molar-refractivity contribution < 1.29 is 28.5 Å². The van der Waals surface area contributed by atoms with Crippen LogP contribution in [-0.2, 0) is 9.53 Å². The van der Waals surface area contributed by atoms with Crippen LogP contribution in [0.4, 0.5) is 0 Å². The molecule has 0 bridgehead atoms. The maximum Gasteiger partial charge on any atom is 0.338 e. The van der Waals surface area contributed by atoms with E-state index in [0.717, 1.165) is 5.56 Å². The number of hydrogen-bond acceptors (Lipinski definition) is 6. The van der Waals surface area contributed by atoms with Crippen LogP contribution in [-0.4, -0.2) is 39.8 Å². The van der Waals surface area contributed by atoms with Crippen molar-refractivity contribution in [1.29, 1.82) is 0 Å². The molecule has 0 saturated heterocycles. The summed E-state index contributed by atoms with van der Waals surface area (Å²) in [5.74, 6) is 0.562. The van der Waals surface area contributed by atoms with Crippen LogP contribution in [0.25, 0.3) is 0 Å². The monoisotopic (exact) mass is 373 g/mol. The van der Waals surface area contributed by atoms with Crippen LogP contribution < -0.4 is 19.5 Å². The highest BCUT2D eigenvalue weighted by atomic mass is 16.5. The van der Waals surface area contributed by atoms with E-state index in [-0.39, 0.29) is 11.6 Å². The molecule has 0 fully saturated rings. The zero-order chi connectivity index (χ0) is 19.8. The van der Waals surface area contributed by atoms with Gasteiger partial charge in [0.2, 0.25) is 0 Å². The minimum absolute atomic E-state index is 0.236. The van der Waals surface area contributed by atoms with Crippen LogP contribution in [0.15, 0.2) is 42.5 Å². The van der Waals surface area contributed by atoms with Gasteiger partial charge in [0.25, 0.3) is 5.91 Å². The molecule has 7 nitrogen and oxygen atoms in total. The summed E-state index contributed by atoms with van der Waals surface area (Å²) < 4.78 is 20.5. The average molecular weight is 373 g/mol. The molecule has 0 aliphatic carbocycles. The molecule has 0 heterocycles. The Labute approximate surface area is 158 Å². The Morgan fingerprint density at radius 2 is 1.56 bits per heavy atom. The molecular formula is C20H23NO6. The van der Waals surface area contributed by atoms with E-state index in [4.69, 9.17) is 18.9 Å². The highest BCUT2D eigenvalue weighted by molar-refractivity contribution is 5.92. The molecular weight excluding hydrogens is 350 g/mol. The standard InChI is InChI=1S/C20H23NO6/c1-13(14-6-5-7-16(8-14)24-2)21-19(22)12-27-20(23)15-9-17(25-3)11-18(10-15)26-4/h5-11,13H,12H2,1-4H3,(H,21,22)/t13-/m1/s1. The fourth-order valence-electron chi connectivity index (χ4n) is 2.42. The van der Waals surface area contributed by atoms with Crippen molar-refractivity contribution in [3.8, 4) is 17.2 Å². The highest BCUT2D eigenvalue weighted by Gasteiger charge is 2.15. The van der Waals surface area contributed by atoms with Crippen molar-refractivity contribution in [2.24, 2.45) is 0 Å². The predicted octanol–water partition coefficient (Wildman–Crippen LogP) is 2.75. The van der Waals surface area contributed by atoms with Gasteiger partial charge >= 0.3 is 5.97 Å². The van der Waals surface area contributed by atoms with Crippen molar-refractivity contribution in [3.63, 3.8) is 0 Å². The maximum atomic E-state index is 12.2. The van der Waals surface area contributed by atoms with Gasteiger partial charge in [-0.3, -0.25) is 4.79 Å². The van der Waals surface area contributed by atoms with Gasteiger partial charge in [-0.1, -0.05) is 12.1 Å². The Morgan fingerprint density at radius 3 is 2.15 bits per heavy atom. The van der Waals surface area contributed by atoms with E-state index in [1.807, 2.05) is 31.2 Å². The van der Waals surface area contributed by atoms with Crippen LogP contribution in [0.5, 0.6) is 17.2 Å². The molecule has 1 N–H and O–H groups in total. The van der Waals surface area contributed by atoms with Crippen LogP contribution in [0, 0.1) is 0 Å². The third-order valence-electron chi connectivity index (χ3n) is 3.89. The molecule has 0 unspecified atom stereocenters. The fourth-order valence-corrected chi connectivity index (χ4v) is 2.42. The third kappa shape index (κ3) is 5.64. The second kappa shape index (κ2) is 9.47. The lowest BCUT2D eigenvalue weighted by Crippen LogP contribution is -2.31. The predicted molar refractivity (Wildman–Crippen MR) is 99.4 cm³/mol. The Hall–Kier alpha value is -3.22. The van der Waals surface area contributed by atoms with Gasteiger partial charge in [0.1, 0.15) is 17.2 Å². The second-order valence-electron chi connectivity index (χ2n) is 5.74. The van der Waals surface area contributed by atoms with Gasteiger partial charge in [0.05, 0.1) is 32.9 Å². The second-order valence-corrected chi connectivity index (χ2v) is 5.74. The number of benzene rings is 2. The summed E-state index contributed by atoms with van der Waals surface area (Å²) in [6, 6.07) is 11.8. The first-order valence-corrected chi connectivity index (χ1v) is 8.30. The van der Waals surface area contributed by atoms with Gasteiger partial charge in [0.15, 0.2) is 6.61 Å². The number of hydrogen-bond donors (Lipinski definition) is 1. The smallest absolute Gasteiger partial charge is 0.338 e. The fraction of sp³-hybridized carbons (Fsp3) is 0.300. The Balaban J connectivity index is 1.93. The lowest BCUT2D eigenvalue weighted by Gasteiger charge is -2.15. The summed E-state index contributed by atoms with van der Waals surface area (Å²) in [5, 5.41) is 2.78. The van der Waals surface area contributed by atoms with Gasteiger partial charge in [-0.2, -0.15) is 0 Å². The molecule has 0 aliphatic rings. The molecule has 2 rings (SSSR count). The Morgan fingerprint density at radius 1 is 0.926 bits per heavy atom. The molecule has 2 aromatic rings.